The third-order valence-corrected chi connectivity index (χ3v) is 5.43. The molecule has 2 heterocycles. The van der Waals surface area contributed by atoms with Gasteiger partial charge < -0.3 is 4.74 Å². The van der Waals surface area contributed by atoms with E-state index in [1.165, 1.54) is 48.2 Å². The van der Waals surface area contributed by atoms with Crippen LogP contribution in [0.2, 0.25) is 0 Å². The Bertz CT molecular complexity index is 905. The van der Waals surface area contributed by atoms with Crippen molar-refractivity contribution in [3.63, 3.8) is 0 Å². The molecule has 3 aromatic rings. The SMILES string of the molecule is O=[N+]([O-])c1ccc(Oc2ncnc3sc4c(c23)CCCCC4)cc1. The van der Waals surface area contributed by atoms with E-state index in [4.69, 9.17) is 4.74 Å². The Morgan fingerprint density at radius 2 is 1.88 bits per heavy atom. The first-order chi connectivity index (χ1) is 11.7. The third-order valence-electron chi connectivity index (χ3n) is 4.23. The maximum absolute atomic E-state index is 10.7. The molecule has 0 atom stereocenters. The summed E-state index contributed by atoms with van der Waals surface area (Å²) in [5, 5.41) is 11.7. The first-order valence-corrected chi connectivity index (χ1v) is 8.71. The van der Waals surface area contributed by atoms with E-state index in [0.29, 0.717) is 11.6 Å². The summed E-state index contributed by atoms with van der Waals surface area (Å²) in [5.74, 6) is 1.07. The number of non-ortho nitro benzene ring substituents is 1. The molecule has 0 saturated heterocycles. The summed E-state index contributed by atoms with van der Waals surface area (Å²) in [6, 6.07) is 6.05. The Kier molecular flexibility index (Phi) is 3.86. The van der Waals surface area contributed by atoms with E-state index in [9.17, 15) is 10.1 Å². The highest BCUT2D eigenvalue weighted by molar-refractivity contribution is 7.18. The Hall–Kier alpha value is -2.54. The molecule has 0 spiro atoms. The number of fused-ring (bicyclic) bond motifs is 3. The number of nitro groups is 1. The van der Waals surface area contributed by atoms with Crippen LogP contribution in [0.5, 0.6) is 11.6 Å². The minimum absolute atomic E-state index is 0.0413. The van der Waals surface area contributed by atoms with Gasteiger partial charge in [0.15, 0.2) is 0 Å². The highest BCUT2D eigenvalue weighted by Crippen LogP contribution is 2.39. The van der Waals surface area contributed by atoms with Gasteiger partial charge in [-0.25, -0.2) is 9.97 Å². The highest BCUT2D eigenvalue weighted by Gasteiger charge is 2.20. The number of aryl methyl sites for hydroxylation is 2. The summed E-state index contributed by atoms with van der Waals surface area (Å²) in [6.07, 6.45) is 7.26. The van der Waals surface area contributed by atoms with E-state index < -0.39 is 4.92 Å². The summed E-state index contributed by atoms with van der Waals surface area (Å²) < 4.78 is 5.92. The van der Waals surface area contributed by atoms with Gasteiger partial charge in [-0.2, -0.15) is 0 Å². The fourth-order valence-corrected chi connectivity index (χ4v) is 4.28. The van der Waals surface area contributed by atoms with Gasteiger partial charge in [-0.3, -0.25) is 10.1 Å². The lowest BCUT2D eigenvalue weighted by Gasteiger charge is -2.07. The average molecular weight is 341 g/mol. The van der Waals surface area contributed by atoms with Crippen molar-refractivity contribution in [1.29, 1.82) is 0 Å². The first kappa shape index (κ1) is 15.0. The minimum Gasteiger partial charge on any atom is -0.438 e. The van der Waals surface area contributed by atoms with Crippen LogP contribution in [-0.2, 0) is 12.8 Å². The molecule has 0 amide bonds. The quantitative estimate of drug-likeness (QED) is 0.393. The fourth-order valence-electron chi connectivity index (χ4n) is 3.06. The Morgan fingerprint density at radius 1 is 1.08 bits per heavy atom. The monoisotopic (exact) mass is 341 g/mol. The second kappa shape index (κ2) is 6.16. The van der Waals surface area contributed by atoms with Gasteiger partial charge in [0.25, 0.3) is 5.69 Å². The minimum atomic E-state index is -0.425. The number of hydrogen-bond donors (Lipinski definition) is 0. The molecule has 0 N–H and O–H groups in total. The van der Waals surface area contributed by atoms with Crippen molar-refractivity contribution in [2.75, 3.05) is 0 Å². The number of nitro benzene ring substituents is 1. The van der Waals surface area contributed by atoms with Crippen LogP contribution in [0.1, 0.15) is 29.7 Å². The number of aromatic nitrogens is 2. The van der Waals surface area contributed by atoms with Crippen LogP contribution in [0.25, 0.3) is 10.2 Å². The van der Waals surface area contributed by atoms with Gasteiger partial charge in [0.05, 0.1) is 10.3 Å². The molecule has 0 aliphatic heterocycles. The third kappa shape index (κ3) is 2.71. The molecule has 24 heavy (non-hydrogen) atoms. The normalized spacial score (nSPS) is 14.2. The van der Waals surface area contributed by atoms with Crippen molar-refractivity contribution in [1.82, 2.24) is 9.97 Å². The van der Waals surface area contributed by atoms with Crippen LogP contribution in [-0.4, -0.2) is 14.9 Å². The van der Waals surface area contributed by atoms with Gasteiger partial charge in [0, 0.05) is 17.0 Å². The number of benzene rings is 1. The van der Waals surface area contributed by atoms with Crippen LogP contribution in [0.4, 0.5) is 5.69 Å². The molecule has 2 aromatic heterocycles. The van der Waals surface area contributed by atoms with Gasteiger partial charge in [0.1, 0.15) is 16.9 Å². The Labute approximate surface area is 142 Å². The van der Waals surface area contributed by atoms with Crippen LogP contribution < -0.4 is 4.74 Å². The zero-order valence-electron chi connectivity index (χ0n) is 12.9. The summed E-state index contributed by atoms with van der Waals surface area (Å²) in [6.45, 7) is 0. The van der Waals surface area contributed by atoms with Crippen molar-refractivity contribution in [2.45, 2.75) is 32.1 Å². The van der Waals surface area contributed by atoms with Crippen LogP contribution >= 0.6 is 11.3 Å². The second-order valence-electron chi connectivity index (χ2n) is 5.78. The Balaban J connectivity index is 1.73. The largest absolute Gasteiger partial charge is 0.438 e. The number of rotatable bonds is 3. The number of ether oxygens (including phenoxy) is 1. The summed E-state index contributed by atoms with van der Waals surface area (Å²) in [4.78, 5) is 21.4. The topological polar surface area (TPSA) is 78.2 Å². The number of nitrogens with zero attached hydrogens (tertiary/aromatic N) is 3. The lowest BCUT2D eigenvalue weighted by Crippen LogP contribution is -1.93. The molecule has 4 rings (SSSR count). The molecule has 0 fully saturated rings. The van der Waals surface area contributed by atoms with Crippen LogP contribution in [0, 0.1) is 10.1 Å². The second-order valence-corrected chi connectivity index (χ2v) is 6.86. The van der Waals surface area contributed by atoms with E-state index in [-0.39, 0.29) is 5.69 Å². The maximum atomic E-state index is 10.7. The van der Waals surface area contributed by atoms with Gasteiger partial charge >= 0.3 is 0 Å². The molecular formula is C17H15N3O3S. The molecule has 1 aromatic carbocycles. The van der Waals surface area contributed by atoms with Gasteiger partial charge in [-0.15, -0.1) is 11.3 Å². The predicted molar refractivity (Wildman–Crippen MR) is 91.8 cm³/mol. The molecule has 0 bridgehead atoms. The molecule has 6 nitrogen and oxygen atoms in total. The molecular weight excluding hydrogens is 326 g/mol. The van der Waals surface area contributed by atoms with Gasteiger partial charge in [-0.05, 0) is 43.4 Å². The van der Waals surface area contributed by atoms with Crippen molar-refractivity contribution in [3.8, 4) is 11.6 Å². The molecule has 1 aliphatic rings. The van der Waals surface area contributed by atoms with Crippen molar-refractivity contribution in [2.24, 2.45) is 0 Å². The number of hydrogen-bond acceptors (Lipinski definition) is 6. The van der Waals surface area contributed by atoms with Crippen molar-refractivity contribution >= 4 is 27.2 Å². The molecule has 1 aliphatic carbocycles. The number of thiophene rings is 1. The molecule has 0 saturated carbocycles. The maximum Gasteiger partial charge on any atom is 0.269 e. The van der Waals surface area contributed by atoms with E-state index in [0.717, 1.165) is 23.1 Å². The van der Waals surface area contributed by atoms with Crippen LogP contribution in [0.15, 0.2) is 30.6 Å². The molecule has 7 heteroatoms. The van der Waals surface area contributed by atoms with Gasteiger partial charge in [0.2, 0.25) is 5.88 Å². The molecule has 0 radical (unpaired) electrons. The Morgan fingerprint density at radius 3 is 2.67 bits per heavy atom. The van der Waals surface area contributed by atoms with E-state index >= 15 is 0 Å². The summed E-state index contributed by atoms with van der Waals surface area (Å²) in [7, 11) is 0. The van der Waals surface area contributed by atoms with Crippen LogP contribution in [0.3, 0.4) is 0 Å². The first-order valence-electron chi connectivity index (χ1n) is 7.90. The van der Waals surface area contributed by atoms with E-state index in [2.05, 4.69) is 9.97 Å². The van der Waals surface area contributed by atoms with Crippen molar-refractivity contribution < 1.29 is 9.66 Å². The van der Waals surface area contributed by atoms with E-state index in [1.807, 2.05) is 0 Å². The zero-order chi connectivity index (χ0) is 16.5. The molecule has 122 valence electrons. The highest BCUT2D eigenvalue weighted by atomic mass is 32.1. The summed E-state index contributed by atoms with van der Waals surface area (Å²) in [5.41, 5.74) is 1.35. The fraction of sp³-hybridized carbons (Fsp3) is 0.294. The van der Waals surface area contributed by atoms with E-state index in [1.54, 1.807) is 23.5 Å². The summed E-state index contributed by atoms with van der Waals surface area (Å²) >= 11 is 1.72. The standard InChI is InChI=1S/C17H15N3O3S/c21-20(22)11-6-8-12(9-7-11)23-16-15-13-4-2-1-3-5-14(13)24-17(15)19-10-18-16/h6-10H,1-5H2. The lowest BCUT2D eigenvalue weighted by molar-refractivity contribution is -0.384. The van der Waals surface area contributed by atoms with Crippen molar-refractivity contribution in [3.05, 3.63) is 51.1 Å². The predicted octanol–water partition coefficient (Wildman–Crippen LogP) is 4.66. The zero-order valence-corrected chi connectivity index (χ0v) is 13.7. The molecule has 0 unspecified atom stereocenters. The lowest BCUT2D eigenvalue weighted by atomic mass is 10.1. The average Bonchev–Trinajstić information content (AvgIpc) is 2.78. The van der Waals surface area contributed by atoms with Gasteiger partial charge in [-0.1, -0.05) is 6.42 Å². The smallest absolute Gasteiger partial charge is 0.269 e.